The Labute approximate surface area is 93.7 Å². The maximum absolute atomic E-state index is 13.4. The lowest BCUT2D eigenvalue weighted by Crippen LogP contribution is -2.18. The van der Waals surface area contributed by atoms with Crippen LogP contribution < -0.4 is 5.32 Å². The molecule has 0 aliphatic carbocycles. The quantitative estimate of drug-likeness (QED) is 0.837. The highest BCUT2D eigenvalue weighted by molar-refractivity contribution is 5.75. The van der Waals surface area contributed by atoms with Crippen LogP contribution in [0.15, 0.2) is 18.2 Å². The zero-order valence-electron chi connectivity index (χ0n) is 9.39. The van der Waals surface area contributed by atoms with Gasteiger partial charge in [-0.1, -0.05) is 0 Å². The van der Waals surface area contributed by atoms with Crippen molar-refractivity contribution in [2.24, 2.45) is 0 Å². The Morgan fingerprint density at radius 1 is 1.44 bits per heavy atom. The Balaban J connectivity index is 2.85. The van der Waals surface area contributed by atoms with Gasteiger partial charge in [0.05, 0.1) is 0 Å². The highest BCUT2D eigenvalue weighted by Gasteiger charge is 2.15. The van der Waals surface area contributed by atoms with E-state index in [9.17, 15) is 13.6 Å². The molecule has 1 atom stereocenters. The van der Waals surface area contributed by atoms with E-state index >= 15 is 0 Å². The number of ketones is 1. The van der Waals surface area contributed by atoms with E-state index in [-0.39, 0.29) is 17.4 Å². The van der Waals surface area contributed by atoms with Gasteiger partial charge in [-0.3, -0.25) is 0 Å². The third-order valence-electron chi connectivity index (χ3n) is 2.47. The van der Waals surface area contributed by atoms with Crippen LogP contribution in [0.3, 0.4) is 0 Å². The Morgan fingerprint density at radius 2 is 2.12 bits per heavy atom. The summed E-state index contributed by atoms with van der Waals surface area (Å²) in [5, 5.41) is 2.88. The van der Waals surface area contributed by atoms with E-state index in [1.54, 1.807) is 7.05 Å². The highest BCUT2D eigenvalue weighted by atomic mass is 19.1. The van der Waals surface area contributed by atoms with Crippen molar-refractivity contribution in [1.29, 1.82) is 0 Å². The van der Waals surface area contributed by atoms with Crippen LogP contribution >= 0.6 is 0 Å². The second-order valence-corrected chi connectivity index (χ2v) is 3.75. The van der Waals surface area contributed by atoms with Crippen molar-refractivity contribution < 1.29 is 13.6 Å². The molecular weight excluding hydrogens is 212 g/mol. The first-order valence-electron chi connectivity index (χ1n) is 5.16. The normalized spacial score (nSPS) is 12.5. The number of hydrogen-bond donors (Lipinski definition) is 1. The molecule has 4 heteroatoms. The number of benzene rings is 1. The minimum Gasteiger partial charge on any atom is -0.313 e. The maximum Gasteiger partial charge on any atom is 0.129 e. The number of Topliss-reactive ketones (excluding diaryl/α,β-unsaturated/α-hetero) is 1. The van der Waals surface area contributed by atoms with Crippen molar-refractivity contribution in [3.8, 4) is 0 Å². The van der Waals surface area contributed by atoms with Crippen molar-refractivity contribution in [1.82, 2.24) is 5.32 Å². The zero-order chi connectivity index (χ0) is 12.1. The second kappa shape index (κ2) is 5.70. The SMILES string of the molecule is CNC(CCC(C)=O)c1cc(F)ccc1F. The number of carbonyl (C=O) groups is 1. The van der Waals surface area contributed by atoms with Crippen LogP contribution in [0.1, 0.15) is 31.4 Å². The van der Waals surface area contributed by atoms with Crippen molar-refractivity contribution in [3.63, 3.8) is 0 Å². The van der Waals surface area contributed by atoms with Crippen LogP contribution in [-0.4, -0.2) is 12.8 Å². The van der Waals surface area contributed by atoms with Gasteiger partial charge in [-0.15, -0.1) is 0 Å². The summed E-state index contributed by atoms with van der Waals surface area (Å²) in [6, 6.07) is 3.01. The van der Waals surface area contributed by atoms with E-state index in [1.807, 2.05) is 0 Å². The summed E-state index contributed by atoms with van der Waals surface area (Å²) in [7, 11) is 1.66. The van der Waals surface area contributed by atoms with E-state index in [4.69, 9.17) is 0 Å². The molecule has 0 bridgehead atoms. The summed E-state index contributed by atoms with van der Waals surface area (Å²) < 4.78 is 26.4. The van der Waals surface area contributed by atoms with Gasteiger partial charge in [0.15, 0.2) is 0 Å². The molecule has 0 amide bonds. The first-order valence-corrected chi connectivity index (χ1v) is 5.16. The van der Waals surface area contributed by atoms with E-state index < -0.39 is 11.6 Å². The van der Waals surface area contributed by atoms with Gasteiger partial charge in [0.1, 0.15) is 17.4 Å². The van der Waals surface area contributed by atoms with Crippen LogP contribution in [-0.2, 0) is 4.79 Å². The van der Waals surface area contributed by atoms with E-state index in [2.05, 4.69) is 5.32 Å². The van der Waals surface area contributed by atoms with Crippen LogP contribution in [0.25, 0.3) is 0 Å². The largest absolute Gasteiger partial charge is 0.313 e. The summed E-state index contributed by atoms with van der Waals surface area (Å²) >= 11 is 0. The Bertz CT molecular complexity index is 379. The van der Waals surface area contributed by atoms with Gasteiger partial charge < -0.3 is 10.1 Å². The summed E-state index contributed by atoms with van der Waals surface area (Å²) in [6.07, 6.45) is 0.813. The highest BCUT2D eigenvalue weighted by Crippen LogP contribution is 2.22. The van der Waals surface area contributed by atoms with Crippen LogP contribution in [0.2, 0.25) is 0 Å². The van der Waals surface area contributed by atoms with Gasteiger partial charge in [0.2, 0.25) is 0 Å². The fraction of sp³-hybridized carbons (Fsp3) is 0.417. The van der Waals surface area contributed by atoms with Crippen LogP contribution in [0.4, 0.5) is 8.78 Å². The van der Waals surface area contributed by atoms with Gasteiger partial charge in [0, 0.05) is 18.0 Å². The average molecular weight is 227 g/mol. The molecule has 1 rings (SSSR count). The molecule has 16 heavy (non-hydrogen) atoms. The molecule has 0 saturated carbocycles. The van der Waals surface area contributed by atoms with Gasteiger partial charge in [-0.2, -0.15) is 0 Å². The number of carbonyl (C=O) groups excluding carboxylic acids is 1. The second-order valence-electron chi connectivity index (χ2n) is 3.75. The standard InChI is InChI=1S/C12H15F2NO/c1-8(16)3-6-12(15-2)10-7-9(13)4-5-11(10)14/h4-5,7,12,15H,3,6H2,1-2H3. The fourth-order valence-corrected chi connectivity index (χ4v) is 1.58. The fourth-order valence-electron chi connectivity index (χ4n) is 1.58. The Morgan fingerprint density at radius 3 is 2.69 bits per heavy atom. The van der Waals surface area contributed by atoms with Gasteiger partial charge in [-0.25, -0.2) is 8.78 Å². The first kappa shape index (κ1) is 12.8. The Kier molecular flexibility index (Phi) is 4.55. The molecule has 0 fully saturated rings. The molecule has 88 valence electrons. The molecular formula is C12H15F2NO. The Hall–Kier alpha value is -1.29. The molecule has 0 aliphatic heterocycles. The molecule has 1 aromatic rings. The van der Waals surface area contributed by atoms with Crippen molar-refractivity contribution >= 4 is 5.78 Å². The number of hydrogen-bond acceptors (Lipinski definition) is 2. The first-order chi connectivity index (χ1) is 7.54. The lowest BCUT2D eigenvalue weighted by molar-refractivity contribution is -0.117. The predicted molar refractivity (Wildman–Crippen MR) is 58.1 cm³/mol. The monoisotopic (exact) mass is 227 g/mol. The molecule has 2 nitrogen and oxygen atoms in total. The number of rotatable bonds is 5. The van der Waals surface area contributed by atoms with Gasteiger partial charge in [0.25, 0.3) is 0 Å². The molecule has 1 aromatic carbocycles. The summed E-state index contributed by atoms with van der Waals surface area (Å²) in [4.78, 5) is 10.9. The van der Waals surface area contributed by atoms with Crippen molar-refractivity contribution in [2.45, 2.75) is 25.8 Å². The molecule has 0 heterocycles. The maximum atomic E-state index is 13.4. The smallest absolute Gasteiger partial charge is 0.129 e. The minimum absolute atomic E-state index is 0.0389. The van der Waals surface area contributed by atoms with Gasteiger partial charge >= 0.3 is 0 Å². The lowest BCUT2D eigenvalue weighted by Gasteiger charge is -2.16. The molecule has 0 aromatic heterocycles. The van der Waals surface area contributed by atoms with E-state index in [0.29, 0.717) is 12.8 Å². The number of halogens is 2. The lowest BCUT2D eigenvalue weighted by atomic mass is 10.0. The number of nitrogens with one attached hydrogen (secondary N) is 1. The summed E-state index contributed by atoms with van der Waals surface area (Å²) in [5.41, 5.74) is 0.267. The summed E-state index contributed by atoms with van der Waals surface area (Å²) in [5.74, 6) is -0.888. The zero-order valence-corrected chi connectivity index (χ0v) is 9.39. The third kappa shape index (κ3) is 3.38. The van der Waals surface area contributed by atoms with Crippen LogP contribution in [0, 0.1) is 11.6 Å². The third-order valence-corrected chi connectivity index (χ3v) is 2.47. The predicted octanol–water partition coefficient (Wildman–Crippen LogP) is 2.59. The summed E-state index contributed by atoms with van der Waals surface area (Å²) in [6.45, 7) is 1.48. The molecule has 0 spiro atoms. The average Bonchev–Trinajstić information content (AvgIpc) is 2.23. The van der Waals surface area contributed by atoms with Gasteiger partial charge in [-0.05, 0) is 38.6 Å². The van der Waals surface area contributed by atoms with Crippen molar-refractivity contribution in [2.75, 3.05) is 7.05 Å². The van der Waals surface area contributed by atoms with Crippen LogP contribution in [0.5, 0.6) is 0 Å². The van der Waals surface area contributed by atoms with E-state index in [1.165, 1.54) is 6.92 Å². The van der Waals surface area contributed by atoms with Crippen molar-refractivity contribution in [3.05, 3.63) is 35.4 Å². The molecule has 0 radical (unpaired) electrons. The molecule has 0 aliphatic rings. The molecule has 0 saturated heterocycles. The topological polar surface area (TPSA) is 29.1 Å². The molecule has 1 N–H and O–H groups in total. The minimum atomic E-state index is -0.473. The van der Waals surface area contributed by atoms with E-state index in [0.717, 1.165) is 18.2 Å². The molecule has 1 unspecified atom stereocenters.